The monoisotopic (exact) mass is 217 g/mol. The summed E-state index contributed by atoms with van der Waals surface area (Å²) < 4.78 is 44.1. The zero-order valence-corrected chi connectivity index (χ0v) is 8.03. The van der Waals surface area contributed by atoms with Gasteiger partial charge in [-0.3, -0.25) is 0 Å². The lowest BCUT2D eigenvalue weighted by atomic mass is 9.77. The summed E-state index contributed by atoms with van der Waals surface area (Å²) in [5.74, 6) is 0. The molecule has 2 aromatic carbocycles. The number of hydrogen-bond acceptors (Lipinski definition) is 3. The molecular weight excluding hydrogens is 203 g/mol. The van der Waals surface area contributed by atoms with E-state index in [4.69, 9.17) is 11.3 Å². The van der Waals surface area contributed by atoms with E-state index in [0.29, 0.717) is 0 Å². The molecule has 0 aliphatic heterocycles. The van der Waals surface area contributed by atoms with Gasteiger partial charge in [0.2, 0.25) is 0 Å². The predicted octanol–water partition coefficient (Wildman–Crippen LogP) is 1.27. The Labute approximate surface area is 99.1 Å². The lowest BCUT2D eigenvalue weighted by Crippen LogP contribution is -2.30. The van der Waals surface area contributed by atoms with Crippen molar-refractivity contribution in [2.75, 3.05) is 0 Å². The van der Waals surface area contributed by atoms with Crippen LogP contribution in [-0.4, -0.2) is 17.2 Å². The molecular formula is C12H9BO3. The van der Waals surface area contributed by atoms with Crippen LogP contribution in [0.5, 0.6) is 0 Å². The van der Waals surface area contributed by atoms with E-state index in [-0.39, 0.29) is 57.6 Å². The van der Waals surface area contributed by atoms with Gasteiger partial charge >= 0.3 is 7.12 Å². The van der Waals surface area contributed by atoms with Gasteiger partial charge < -0.3 is 14.5 Å². The molecule has 1 aromatic heterocycles. The van der Waals surface area contributed by atoms with E-state index >= 15 is 0 Å². The highest BCUT2D eigenvalue weighted by atomic mass is 16.4. The van der Waals surface area contributed by atoms with E-state index in [1.54, 1.807) is 0 Å². The smallest absolute Gasteiger partial charge is 0.456 e. The fraction of sp³-hybridized carbons (Fsp3) is 0. The SMILES string of the molecule is [2H]c1cc2c(oc3c([2H])cc([2H])c(B(O)O)c32)c([2H])c1[2H]. The average molecular weight is 217 g/mol. The average Bonchev–Trinajstić information content (AvgIpc) is 2.76. The summed E-state index contributed by atoms with van der Waals surface area (Å²) in [5.41, 5.74) is -0.147. The predicted molar refractivity (Wildman–Crippen MR) is 63.5 cm³/mol. The Morgan fingerprint density at radius 1 is 1.12 bits per heavy atom. The second-order valence-electron chi connectivity index (χ2n) is 3.31. The minimum atomic E-state index is -1.94. The Morgan fingerprint density at radius 3 is 2.81 bits per heavy atom. The van der Waals surface area contributed by atoms with Crippen LogP contribution >= 0.6 is 0 Å². The molecule has 4 heteroatoms. The van der Waals surface area contributed by atoms with Gasteiger partial charge in [-0.05, 0) is 17.5 Å². The number of furan rings is 1. The number of benzene rings is 2. The summed E-state index contributed by atoms with van der Waals surface area (Å²) in [5, 5.41) is 19.3. The van der Waals surface area contributed by atoms with Crippen LogP contribution in [0.15, 0.2) is 46.8 Å². The van der Waals surface area contributed by atoms with Crippen LogP contribution in [0.4, 0.5) is 0 Å². The van der Waals surface area contributed by atoms with E-state index in [9.17, 15) is 10.0 Å². The first-order chi connectivity index (χ1) is 9.82. The van der Waals surface area contributed by atoms with Gasteiger partial charge in [-0.25, -0.2) is 0 Å². The summed E-state index contributed by atoms with van der Waals surface area (Å²) in [6.07, 6.45) is 0. The molecule has 3 rings (SSSR count). The lowest BCUT2D eigenvalue weighted by Gasteiger charge is -2.00. The second kappa shape index (κ2) is 3.37. The molecule has 0 radical (unpaired) electrons. The van der Waals surface area contributed by atoms with Crippen molar-refractivity contribution in [3.63, 3.8) is 0 Å². The van der Waals surface area contributed by atoms with Crippen molar-refractivity contribution in [1.29, 1.82) is 0 Å². The molecule has 3 aromatic rings. The molecule has 0 saturated carbocycles. The minimum absolute atomic E-state index is 0.00241. The summed E-state index contributed by atoms with van der Waals surface area (Å²) in [4.78, 5) is 0. The number of hydrogen-bond donors (Lipinski definition) is 2. The number of rotatable bonds is 1. The third kappa shape index (κ3) is 1.24. The molecule has 0 aliphatic rings. The Morgan fingerprint density at radius 2 is 2.00 bits per heavy atom. The Bertz CT molecular complexity index is 890. The molecule has 0 atom stereocenters. The number of fused-ring (bicyclic) bond motifs is 3. The molecule has 0 bridgehead atoms. The van der Waals surface area contributed by atoms with E-state index in [1.807, 2.05) is 0 Å². The zero-order valence-electron chi connectivity index (χ0n) is 13.0. The van der Waals surface area contributed by atoms with Crippen molar-refractivity contribution >= 4 is 34.5 Å². The van der Waals surface area contributed by atoms with Crippen molar-refractivity contribution in [3.05, 3.63) is 42.3 Å². The fourth-order valence-corrected chi connectivity index (χ4v) is 1.70. The van der Waals surface area contributed by atoms with Gasteiger partial charge in [0.05, 0.1) is 6.85 Å². The highest BCUT2D eigenvalue weighted by Crippen LogP contribution is 2.26. The highest BCUT2D eigenvalue weighted by molar-refractivity contribution is 6.62. The molecule has 1 heterocycles. The largest absolute Gasteiger partial charge is 0.489 e. The van der Waals surface area contributed by atoms with Crippen LogP contribution in [0.1, 0.15) is 6.85 Å². The zero-order chi connectivity index (χ0) is 15.5. The van der Waals surface area contributed by atoms with Crippen LogP contribution in [0, 0.1) is 0 Å². The van der Waals surface area contributed by atoms with Crippen LogP contribution in [0.25, 0.3) is 21.9 Å². The van der Waals surface area contributed by atoms with Crippen molar-refractivity contribution in [1.82, 2.24) is 0 Å². The van der Waals surface area contributed by atoms with E-state index in [2.05, 4.69) is 0 Å². The summed E-state index contributed by atoms with van der Waals surface area (Å²) in [7, 11) is -1.94. The molecule has 2 N–H and O–H groups in total. The maximum atomic E-state index is 9.47. The molecule has 0 spiro atoms. The van der Waals surface area contributed by atoms with Crippen LogP contribution < -0.4 is 5.46 Å². The topological polar surface area (TPSA) is 53.6 Å². The highest BCUT2D eigenvalue weighted by Gasteiger charge is 2.18. The Balaban J connectivity index is 2.64. The van der Waals surface area contributed by atoms with Gasteiger partial charge in [0, 0.05) is 10.8 Å². The third-order valence-electron chi connectivity index (χ3n) is 2.37. The molecule has 0 aliphatic carbocycles. The van der Waals surface area contributed by atoms with Crippen LogP contribution in [-0.2, 0) is 0 Å². The van der Waals surface area contributed by atoms with Crippen LogP contribution in [0.3, 0.4) is 0 Å². The van der Waals surface area contributed by atoms with Crippen molar-refractivity contribution in [2.24, 2.45) is 0 Å². The first-order valence-electron chi connectivity index (χ1n) is 7.12. The standard InChI is InChI=1S/C12H9BO3/c14-13(15)9-5-3-7-11-12(9)8-4-1-2-6-10(8)16-11/h1-7,14-15H/i1D,2D,5D,6D,7D. The Kier molecular flexibility index (Phi) is 1.16. The summed E-state index contributed by atoms with van der Waals surface area (Å²) in [6, 6.07) is 1.18. The lowest BCUT2D eigenvalue weighted by molar-refractivity contribution is 0.426. The fourth-order valence-electron chi connectivity index (χ4n) is 1.70. The summed E-state index contributed by atoms with van der Waals surface area (Å²) >= 11 is 0. The molecule has 78 valence electrons. The number of para-hydroxylation sites is 1. The minimum Gasteiger partial charge on any atom is -0.456 e. The van der Waals surface area contributed by atoms with Gasteiger partial charge in [-0.1, -0.05) is 30.3 Å². The second-order valence-corrected chi connectivity index (χ2v) is 3.31. The van der Waals surface area contributed by atoms with E-state index in [1.165, 1.54) is 6.07 Å². The van der Waals surface area contributed by atoms with Crippen molar-refractivity contribution < 1.29 is 21.3 Å². The van der Waals surface area contributed by atoms with Gasteiger partial charge in [0.1, 0.15) is 11.2 Å². The van der Waals surface area contributed by atoms with Gasteiger partial charge in [-0.15, -0.1) is 0 Å². The van der Waals surface area contributed by atoms with Crippen molar-refractivity contribution in [3.8, 4) is 0 Å². The van der Waals surface area contributed by atoms with E-state index in [0.717, 1.165) is 6.07 Å². The van der Waals surface area contributed by atoms with Gasteiger partial charge in [0.15, 0.2) is 0 Å². The van der Waals surface area contributed by atoms with Gasteiger partial charge in [0.25, 0.3) is 0 Å². The molecule has 0 fully saturated rings. The maximum Gasteiger partial charge on any atom is 0.489 e. The third-order valence-corrected chi connectivity index (χ3v) is 2.37. The van der Waals surface area contributed by atoms with E-state index < -0.39 is 7.12 Å². The van der Waals surface area contributed by atoms with Crippen molar-refractivity contribution in [2.45, 2.75) is 0 Å². The molecule has 0 saturated heterocycles. The van der Waals surface area contributed by atoms with Crippen LogP contribution in [0.2, 0.25) is 0 Å². The molecule has 0 amide bonds. The quantitative estimate of drug-likeness (QED) is 0.603. The molecule has 3 nitrogen and oxygen atoms in total. The first-order valence-corrected chi connectivity index (χ1v) is 4.62. The first kappa shape index (κ1) is 5.52. The normalized spacial score (nSPS) is 15.5. The van der Waals surface area contributed by atoms with Gasteiger partial charge in [-0.2, -0.15) is 0 Å². The summed E-state index contributed by atoms with van der Waals surface area (Å²) in [6.45, 7) is 0. The molecule has 0 unspecified atom stereocenters. The molecule has 16 heavy (non-hydrogen) atoms. The Hall–Kier alpha value is -1.78. The maximum absolute atomic E-state index is 9.47.